The standard InChI is InChI=1S/C19H34N4O3/c1-14-10-23(11-15(2)26-14)18(24)13-22-8-4-5-16(12-22)9-21-19(25)17-6-3-7-20-17/h14-17,20H,3-13H2,1-2H3,(H,21,25). The van der Waals surface area contributed by atoms with Gasteiger partial charge in [0.2, 0.25) is 11.8 Å². The molecular weight excluding hydrogens is 332 g/mol. The molecule has 0 aliphatic carbocycles. The minimum absolute atomic E-state index is 0.0124. The van der Waals surface area contributed by atoms with Gasteiger partial charge in [-0.2, -0.15) is 0 Å². The molecule has 7 heteroatoms. The van der Waals surface area contributed by atoms with Crippen molar-refractivity contribution in [1.82, 2.24) is 20.4 Å². The molecular formula is C19H34N4O3. The highest BCUT2D eigenvalue weighted by atomic mass is 16.5. The summed E-state index contributed by atoms with van der Waals surface area (Å²) in [6, 6.07) is -0.0124. The minimum Gasteiger partial charge on any atom is -0.372 e. The van der Waals surface area contributed by atoms with Gasteiger partial charge in [0.25, 0.3) is 0 Å². The molecule has 4 atom stereocenters. The van der Waals surface area contributed by atoms with E-state index in [1.165, 1.54) is 0 Å². The minimum atomic E-state index is -0.0124. The van der Waals surface area contributed by atoms with E-state index in [-0.39, 0.29) is 30.1 Å². The monoisotopic (exact) mass is 366 g/mol. The van der Waals surface area contributed by atoms with Crippen LogP contribution in [0, 0.1) is 5.92 Å². The van der Waals surface area contributed by atoms with Crippen molar-refractivity contribution < 1.29 is 14.3 Å². The Bertz CT molecular complexity index is 485. The Hall–Kier alpha value is -1.18. The van der Waals surface area contributed by atoms with Gasteiger partial charge >= 0.3 is 0 Å². The van der Waals surface area contributed by atoms with Crippen molar-refractivity contribution in [1.29, 1.82) is 0 Å². The lowest BCUT2D eigenvalue weighted by molar-refractivity contribution is -0.144. The van der Waals surface area contributed by atoms with Crippen LogP contribution in [0.4, 0.5) is 0 Å². The third kappa shape index (κ3) is 5.41. The van der Waals surface area contributed by atoms with Gasteiger partial charge in [-0.3, -0.25) is 14.5 Å². The van der Waals surface area contributed by atoms with Crippen molar-refractivity contribution in [2.75, 3.05) is 45.8 Å². The van der Waals surface area contributed by atoms with Crippen molar-refractivity contribution in [3.63, 3.8) is 0 Å². The van der Waals surface area contributed by atoms with Gasteiger partial charge in [-0.1, -0.05) is 0 Å². The van der Waals surface area contributed by atoms with Gasteiger partial charge in [-0.25, -0.2) is 0 Å². The maximum atomic E-state index is 12.7. The number of nitrogens with zero attached hydrogens (tertiary/aromatic N) is 2. The molecule has 26 heavy (non-hydrogen) atoms. The smallest absolute Gasteiger partial charge is 0.237 e. The maximum Gasteiger partial charge on any atom is 0.237 e. The first-order chi connectivity index (χ1) is 12.5. The second kappa shape index (κ2) is 9.15. The van der Waals surface area contributed by atoms with Crippen LogP contribution in [0.5, 0.6) is 0 Å². The lowest BCUT2D eigenvalue weighted by atomic mass is 9.97. The Labute approximate surface area is 156 Å². The zero-order valence-electron chi connectivity index (χ0n) is 16.2. The molecule has 0 radical (unpaired) electrons. The third-order valence-corrected chi connectivity index (χ3v) is 5.68. The molecule has 0 aromatic carbocycles. The van der Waals surface area contributed by atoms with Crippen molar-refractivity contribution in [2.24, 2.45) is 5.92 Å². The highest BCUT2D eigenvalue weighted by Crippen LogP contribution is 2.17. The topological polar surface area (TPSA) is 73.9 Å². The third-order valence-electron chi connectivity index (χ3n) is 5.68. The Kier molecular flexibility index (Phi) is 6.89. The number of piperidine rings is 1. The second-order valence-electron chi connectivity index (χ2n) is 8.19. The van der Waals surface area contributed by atoms with Gasteiger partial charge in [0.05, 0.1) is 24.8 Å². The number of rotatable bonds is 5. The molecule has 2 amide bonds. The molecule has 3 saturated heterocycles. The first-order valence-electron chi connectivity index (χ1n) is 10.2. The summed E-state index contributed by atoms with van der Waals surface area (Å²) >= 11 is 0. The summed E-state index contributed by atoms with van der Waals surface area (Å²) in [4.78, 5) is 29.0. The fourth-order valence-corrected chi connectivity index (χ4v) is 4.41. The summed E-state index contributed by atoms with van der Waals surface area (Å²) in [7, 11) is 0. The van der Waals surface area contributed by atoms with Crippen molar-refractivity contribution in [3.8, 4) is 0 Å². The number of likely N-dealkylation sites (tertiary alicyclic amines) is 1. The highest BCUT2D eigenvalue weighted by molar-refractivity contribution is 5.82. The lowest BCUT2D eigenvalue weighted by Gasteiger charge is -2.38. The molecule has 4 unspecified atom stereocenters. The fraction of sp³-hybridized carbons (Fsp3) is 0.895. The molecule has 3 aliphatic rings. The van der Waals surface area contributed by atoms with Gasteiger partial charge in [-0.05, 0) is 58.5 Å². The molecule has 3 rings (SSSR count). The Morgan fingerprint density at radius 1 is 1.12 bits per heavy atom. The lowest BCUT2D eigenvalue weighted by Crippen LogP contribution is -2.52. The van der Waals surface area contributed by atoms with Crippen LogP contribution in [-0.2, 0) is 14.3 Å². The summed E-state index contributed by atoms with van der Waals surface area (Å²) < 4.78 is 5.72. The van der Waals surface area contributed by atoms with Crippen LogP contribution < -0.4 is 10.6 Å². The van der Waals surface area contributed by atoms with Gasteiger partial charge in [0, 0.05) is 26.2 Å². The van der Waals surface area contributed by atoms with E-state index >= 15 is 0 Å². The number of amides is 2. The van der Waals surface area contributed by atoms with Crippen LogP contribution in [-0.4, -0.2) is 85.7 Å². The van der Waals surface area contributed by atoms with Crippen LogP contribution >= 0.6 is 0 Å². The molecule has 7 nitrogen and oxygen atoms in total. The van der Waals surface area contributed by atoms with E-state index < -0.39 is 0 Å². The highest BCUT2D eigenvalue weighted by Gasteiger charge is 2.29. The van der Waals surface area contributed by atoms with E-state index in [4.69, 9.17) is 4.74 Å². The van der Waals surface area contributed by atoms with Gasteiger partial charge in [0.1, 0.15) is 0 Å². The van der Waals surface area contributed by atoms with Crippen molar-refractivity contribution >= 4 is 11.8 Å². The summed E-state index contributed by atoms with van der Waals surface area (Å²) in [6.45, 7) is 9.41. The fourth-order valence-electron chi connectivity index (χ4n) is 4.41. The molecule has 0 bridgehead atoms. The van der Waals surface area contributed by atoms with Crippen molar-refractivity contribution in [2.45, 2.75) is 57.8 Å². The average Bonchev–Trinajstić information content (AvgIpc) is 3.14. The van der Waals surface area contributed by atoms with Crippen LogP contribution in [0.15, 0.2) is 0 Å². The van der Waals surface area contributed by atoms with E-state index in [2.05, 4.69) is 15.5 Å². The van der Waals surface area contributed by atoms with Gasteiger partial charge in [0.15, 0.2) is 0 Å². The van der Waals surface area contributed by atoms with E-state index in [1.807, 2.05) is 18.7 Å². The first kappa shape index (κ1) is 19.6. The van der Waals surface area contributed by atoms with Crippen LogP contribution in [0.1, 0.15) is 39.5 Å². The number of carbonyl (C=O) groups is 2. The van der Waals surface area contributed by atoms with Crippen molar-refractivity contribution in [3.05, 3.63) is 0 Å². The predicted octanol–water partition coefficient (Wildman–Crippen LogP) is 0.202. The summed E-state index contributed by atoms with van der Waals surface area (Å²) in [5.74, 6) is 0.767. The number of ether oxygens (including phenoxy) is 1. The SMILES string of the molecule is CC1CN(C(=O)CN2CCCC(CNC(=O)C3CCCN3)C2)CC(C)O1. The van der Waals surface area contributed by atoms with E-state index in [1.54, 1.807) is 0 Å². The number of hydrogen-bond donors (Lipinski definition) is 2. The number of morpholine rings is 1. The van der Waals surface area contributed by atoms with Crippen LogP contribution in [0.2, 0.25) is 0 Å². The molecule has 0 aromatic rings. The molecule has 3 fully saturated rings. The summed E-state index contributed by atoms with van der Waals surface area (Å²) in [5.41, 5.74) is 0. The van der Waals surface area contributed by atoms with Crippen LogP contribution in [0.25, 0.3) is 0 Å². The first-order valence-corrected chi connectivity index (χ1v) is 10.2. The molecule has 0 spiro atoms. The molecule has 148 valence electrons. The van der Waals surface area contributed by atoms with Gasteiger partial charge < -0.3 is 20.3 Å². The molecule has 0 aromatic heterocycles. The Morgan fingerprint density at radius 2 is 1.88 bits per heavy atom. The van der Waals surface area contributed by atoms with E-state index in [0.29, 0.717) is 32.1 Å². The average molecular weight is 367 g/mol. The Morgan fingerprint density at radius 3 is 2.58 bits per heavy atom. The molecule has 3 aliphatic heterocycles. The molecule has 3 heterocycles. The zero-order valence-corrected chi connectivity index (χ0v) is 16.2. The summed E-state index contributed by atoms with van der Waals surface area (Å²) in [5, 5.41) is 6.34. The molecule has 2 N–H and O–H groups in total. The molecule has 0 saturated carbocycles. The quantitative estimate of drug-likeness (QED) is 0.727. The Balaban J connectivity index is 1.41. The predicted molar refractivity (Wildman–Crippen MR) is 99.8 cm³/mol. The normalized spacial score (nSPS) is 33.2. The van der Waals surface area contributed by atoms with E-state index in [9.17, 15) is 9.59 Å². The number of hydrogen-bond acceptors (Lipinski definition) is 5. The number of carbonyl (C=O) groups excluding carboxylic acids is 2. The van der Waals surface area contributed by atoms with Crippen LogP contribution in [0.3, 0.4) is 0 Å². The largest absolute Gasteiger partial charge is 0.372 e. The zero-order chi connectivity index (χ0) is 18.5. The van der Waals surface area contributed by atoms with Gasteiger partial charge in [-0.15, -0.1) is 0 Å². The maximum absolute atomic E-state index is 12.7. The number of nitrogens with one attached hydrogen (secondary N) is 2. The summed E-state index contributed by atoms with van der Waals surface area (Å²) in [6.07, 6.45) is 4.44. The second-order valence-corrected chi connectivity index (χ2v) is 8.19. The van der Waals surface area contributed by atoms with E-state index in [0.717, 1.165) is 45.3 Å².